The van der Waals surface area contributed by atoms with Gasteiger partial charge < -0.3 is 10.9 Å². The predicted octanol–water partition coefficient (Wildman–Crippen LogP) is 1.96. The fourth-order valence-electron chi connectivity index (χ4n) is 1.49. The van der Waals surface area contributed by atoms with Crippen molar-refractivity contribution in [2.45, 2.75) is 32.2 Å². The Labute approximate surface area is 106 Å². The molecule has 1 aromatic heterocycles. The van der Waals surface area contributed by atoms with Crippen molar-refractivity contribution in [2.75, 3.05) is 5.75 Å². The lowest BCUT2D eigenvalue weighted by Gasteiger charge is -2.09. The molecule has 0 aliphatic heterocycles. The van der Waals surface area contributed by atoms with E-state index in [2.05, 4.69) is 24.1 Å². The number of hydrogen-bond donors (Lipinski definition) is 2. The van der Waals surface area contributed by atoms with Crippen molar-refractivity contribution in [1.82, 2.24) is 9.78 Å². The van der Waals surface area contributed by atoms with Crippen LogP contribution in [0.25, 0.3) is 0 Å². The fraction of sp³-hybridized carbons (Fsp3) is 0.636. The van der Waals surface area contributed by atoms with Gasteiger partial charge in [0.05, 0.1) is 11.3 Å². The second-order valence-corrected chi connectivity index (χ2v) is 5.21. The highest BCUT2D eigenvalue weighted by Crippen LogP contribution is 2.27. The van der Waals surface area contributed by atoms with E-state index in [1.807, 2.05) is 14.0 Å². The summed E-state index contributed by atoms with van der Waals surface area (Å²) in [5.41, 5.74) is 7.21. The van der Waals surface area contributed by atoms with Crippen LogP contribution in [0, 0.1) is 12.8 Å². The molecule has 3 N–H and O–H groups in total. The molecule has 0 saturated carbocycles. The van der Waals surface area contributed by atoms with Gasteiger partial charge in [0.25, 0.3) is 0 Å². The zero-order valence-corrected chi connectivity index (χ0v) is 11.6. The summed E-state index contributed by atoms with van der Waals surface area (Å²) in [6.45, 7) is 6.24. The molecule has 0 fully saturated rings. The van der Waals surface area contributed by atoms with Crippen molar-refractivity contribution in [3.63, 3.8) is 0 Å². The van der Waals surface area contributed by atoms with Crippen molar-refractivity contribution in [1.29, 1.82) is 0 Å². The number of aromatic nitrogens is 2. The van der Waals surface area contributed by atoms with Crippen LogP contribution in [0.2, 0.25) is 0 Å². The summed E-state index contributed by atoms with van der Waals surface area (Å²) >= 11 is 1.70. The third-order valence-corrected chi connectivity index (χ3v) is 4.21. The Morgan fingerprint density at radius 3 is 2.82 bits per heavy atom. The highest BCUT2D eigenvalue weighted by atomic mass is 32.2. The first-order chi connectivity index (χ1) is 8.01. The van der Waals surface area contributed by atoms with E-state index < -0.39 is 0 Å². The topological polar surface area (TPSA) is 76.4 Å². The Kier molecular flexibility index (Phi) is 4.86. The van der Waals surface area contributed by atoms with Gasteiger partial charge in [0.1, 0.15) is 5.03 Å². The van der Waals surface area contributed by atoms with Crippen molar-refractivity contribution in [2.24, 2.45) is 23.9 Å². The normalized spacial score (nSPS) is 14.0. The number of oxime groups is 1. The van der Waals surface area contributed by atoms with Crippen molar-refractivity contribution < 1.29 is 5.21 Å². The van der Waals surface area contributed by atoms with Crippen LogP contribution in [0.3, 0.4) is 0 Å². The molecular formula is C11H20N4OS. The van der Waals surface area contributed by atoms with Gasteiger partial charge in [-0.05, 0) is 12.8 Å². The van der Waals surface area contributed by atoms with Gasteiger partial charge in [-0.2, -0.15) is 5.10 Å². The predicted molar refractivity (Wildman–Crippen MR) is 70.6 cm³/mol. The van der Waals surface area contributed by atoms with E-state index in [4.69, 9.17) is 10.9 Å². The van der Waals surface area contributed by atoms with Gasteiger partial charge in [0.15, 0.2) is 5.84 Å². The minimum absolute atomic E-state index is 0.127. The molecule has 0 bridgehead atoms. The summed E-state index contributed by atoms with van der Waals surface area (Å²) in [7, 11) is 1.88. The summed E-state index contributed by atoms with van der Waals surface area (Å²) in [6.07, 6.45) is 1.14. The molecular weight excluding hydrogens is 236 g/mol. The maximum Gasteiger partial charge on any atom is 0.174 e. The standard InChI is InChI=1S/C11H20N4OS/c1-5-7(2)6-17-11-9(10(12)14-16)8(3)13-15(11)4/h7,16H,5-6H2,1-4H3,(H2,12,14). The molecule has 1 heterocycles. The molecule has 17 heavy (non-hydrogen) atoms. The smallest absolute Gasteiger partial charge is 0.174 e. The molecule has 0 spiro atoms. The number of hydrogen-bond acceptors (Lipinski definition) is 4. The van der Waals surface area contributed by atoms with Gasteiger partial charge in [-0.15, -0.1) is 11.8 Å². The molecule has 0 aliphatic carbocycles. The Hall–Kier alpha value is -1.17. The number of thioether (sulfide) groups is 1. The fourth-order valence-corrected chi connectivity index (χ4v) is 2.79. The Morgan fingerprint density at radius 2 is 2.29 bits per heavy atom. The van der Waals surface area contributed by atoms with E-state index >= 15 is 0 Å². The molecule has 1 rings (SSSR count). The molecule has 0 amide bonds. The van der Waals surface area contributed by atoms with Crippen LogP contribution in [0.4, 0.5) is 0 Å². The van der Waals surface area contributed by atoms with Crippen LogP contribution in [0.5, 0.6) is 0 Å². The zero-order chi connectivity index (χ0) is 13.0. The van der Waals surface area contributed by atoms with Gasteiger partial charge in [-0.1, -0.05) is 25.4 Å². The highest BCUT2D eigenvalue weighted by molar-refractivity contribution is 7.99. The van der Waals surface area contributed by atoms with Crippen LogP contribution in [-0.4, -0.2) is 26.6 Å². The van der Waals surface area contributed by atoms with Crippen LogP contribution >= 0.6 is 11.8 Å². The minimum atomic E-state index is 0.127. The third kappa shape index (κ3) is 3.15. The van der Waals surface area contributed by atoms with Crippen LogP contribution in [0.1, 0.15) is 31.5 Å². The molecule has 0 aliphatic rings. The maximum absolute atomic E-state index is 8.79. The highest BCUT2D eigenvalue weighted by Gasteiger charge is 2.18. The molecule has 1 aromatic rings. The quantitative estimate of drug-likeness (QED) is 0.277. The van der Waals surface area contributed by atoms with Crippen LogP contribution in [0.15, 0.2) is 10.2 Å². The first-order valence-electron chi connectivity index (χ1n) is 5.65. The van der Waals surface area contributed by atoms with Gasteiger partial charge in [-0.25, -0.2) is 0 Å². The molecule has 1 atom stereocenters. The van der Waals surface area contributed by atoms with Crippen LogP contribution in [-0.2, 0) is 7.05 Å². The lowest BCUT2D eigenvalue weighted by Crippen LogP contribution is -2.15. The lowest BCUT2D eigenvalue weighted by atomic mass is 10.2. The van der Waals surface area contributed by atoms with E-state index in [1.165, 1.54) is 0 Å². The molecule has 1 unspecified atom stereocenters. The second-order valence-electron chi connectivity index (χ2n) is 4.20. The second kappa shape index (κ2) is 5.95. The summed E-state index contributed by atoms with van der Waals surface area (Å²) in [4.78, 5) is 0. The lowest BCUT2D eigenvalue weighted by molar-refractivity contribution is 0.318. The monoisotopic (exact) mass is 256 g/mol. The number of nitrogens with two attached hydrogens (primary N) is 1. The number of rotatable bonds is 5. The summed E-state index contributed by atoms with van der Waals surface area (Å²) in [5, 5.41) is 17.1. The Morgan fingerprint density at radius 1 is 1.65 bits per heavy atom. The first kappa shape index (κ1) is 13.9. The number of aryl methyl sites for hydroxylation is 2. The first-order valence-corrected chi connectivity index (χ1v) is 6.64. The van der Waals surface area contributed by atoms with E-state index in [0.29, 0.717) is 5.92 Å². The molecule has 96 valence electrons. The van der Waals surface area contributed by atoms with E-state index in [-0.39, 0.29) is 5.84 Å². The molecule has 0 aromatic carbocycles. The summed E-state index contributed by atoms with van der Waals surface area (Å²) in [6, 6.07) is 0. The van der Waals surface area contributed by atoms with Gasteiger partial charge in [0, 0.05) is 12.8 Å². The van der Waals surface area contributed by atoms with Crippen LogP contribution < -0.4 is 5.73 Å². The average molecular weight is 256 g/mol. The van der Waals surface area contributed by atoms with E-state index in [0.717, 1.165) is 28.5 Å². The third-order valence-electron chi connectivity index (χ3n) is 2.73. The van der Waals surface area contributed by atoms with Crippen molar-refractivity contribution in [3.8, 4) is 0 Å². The maximum atomic E-state index is 8.79. The Balaban J connectivity index is 2.98. The zero-order valence-electron chi connectivity index (χ0n) is 10.8. The summed E-state index contributed by atoms with van der Waals surface area (Å²) in [5.74, 6) is 1.76. The summed E-state index contributed by atoms with van der Waals surface area (Å²) < 4.78 is 1.79. The molecule has 6 heteroatoms. The number of amidine groups is 1. The SMILES string of the molecule is CCC(C)CSc1c(C(N)=NO)c(C)nn1C. The van der Waals surface area contributed by atoms with Gasteiger partial charge in [0.2, 0.25) is 0 Å². The van der Waals surface area contributed by atoms with E-state index in [9.17, 15) is 0 Å². The van der Waals surface area contributed by atoms with E-state index in [1.54, 1.807) is 16.4 Å². The van der Waals surface area contributed by atoms with Gasteiger partial charge >= 0.3 is 0 Å². The minimum Gasteiger partial charge on any atom is -0.409 e. The molecule has 0 radical (unpaired) electrons. The molecule has 5 nitrogen and oxygen atoms in total. The number of nitrogens with zero attached hydrogens (tertiary/aromatic N) is 3. The Bertz CT molecular complexity index is 414. The average Bonchev–Trinajstić information content (AvgIpc) is 2.59. The largest absolute Gasteiger partial charge is 0.409 e. The molecule has 0 saturated heterocycles. The van der Waals surface area contributed by atoms with Crippen molar-refractivity contribution in [3.05, 3.63) is 11.3 Å². The van der Waals surface area contributed by atoms with Gasteiger partial charge in [-0.3, -0.25) is 4.68 Å². The van der Waals surface area contributed by atoms with Crippen molar-refractivity contribution >= 4 is 17.6 Å².